The highest BCUT2D eigenvalue weighted by molar-refractivity contribution is 5.79. The molecule has 100 valence electrons. The van der Waals surface area contributed by atoms with E-state index in [1.165, 1.54) is 44.1 Å². The molecule has 0 heterocycles. The van der Waals surface area contributed by atoms with Gasteiger partial charge in [-0.2, -0.15) is 0 Å². The smallest absolute Gasteiger partial charge is 0.153 e. The number of hydrogen-bond donors (Lipinski definition) is 1. The highest BCUT2D eigenvalue weighted by Crippen LogP contribution is 2.60. The van der Waals surface area contributed by atoms with Crippen molar-refractivity contribution >= 4 is 6.29 Å². The first kappa shape index (κ1) is 11.5. The zero-order valence-electron chi connectivity index (χ0n) is 11.1. The van der Waals surface area contributed by atoms with Crippen molar-refractivity contribution in [3.8, 4) is 5.75 Å². The molecule has 1 aromatic carbocycles. The van der Waals surface area contributed by atoms with E-state index in [9.17, 15) is 9.90 Å². The molecule has 4 bridgehead atoms. The fraction of sp³-hybridized carbons (Fsp3) is 0.588. The number of carbonyl (C=O) groups is 1. The SMILES string of the molecule is O=Cc1cc(C23CC4CC(CC(C4)C2)C3)ccc1O. The lowest BCUT2D eigenvalue weighted by Gasteiger charge is -2.57. The number of rotatable bonds is 2. The van der Waals surface area contributed by atoms with Gasteiger partial charge in [-0.3, -0.25) is 4.79 Å². The normalized spacial score (nSPS) is 39.5. The van der Waals surface area contributed by atoms with Crippen LogP contribution in [0.25, 0.3) is 0 Å². The summed E-state index contributed by atoms with van der Waals surface area (Å²) in [6.07, 6.45) is 8.94. The fourth-order valence-electron chi connectivity index (χ4n) is 5.44. The molecule has 19 heavy (non-hydrogen) atoms. The minimum absolute atomic E-state index is 0.114. The van der Waals surface area contributed by atoms with Gasteiger partial charge in [0.15, 0.2) is 6.29 Å². The maximum Gasteiger partial charge on any atom is 0.153 e. The second-order valence-corrected chi connectivity index (χ2v) is 7.09. The molecule has 4 aliphatic rings. The second kappa shape index (κ2) is 3.84. The summed E-state index contributed by atoms with van der Waals surface area (Å²) in [4.78, 5) is 11.0. The van der Waals surface area contributed by atoms with Crippen LogP contribution in [0, 0.1) is 17.8 Å². The average molecular weight is 256 g/mol. The molecule has 4 aliphatic carbocycles. The third-order valence-corrected chi connectivity index (χ3v) is 5.81. The predicted octanol–water partition coefficient (Wildman–Crippen LogP) is 3.67. The number of carbonyl (C=O) groups excluding carboxylic acids is 1. The van der Waals surface area contributed by atoms with Crippen LogP contribution in [0.1, 0.15) is 54.4 Å². The summed E-state index contributed by atoms with van der Waals surface area (Å²) in [5.74, 6) is 2.82. The van der Waals surface area contributed by atoms with Gasteiger partial charge in [-0.25, -0.2) is 0 Å². The first-order valence-electron chi connectivity index (χ1n) is 7.47. The Balaban J connectivity index is 1.77. The molecular formula is C17H20O2. The van der Waals surface area contributed by atoms with Gasteiger partial charge in [0.05, 0.1) is 5.56 Å². The molecular weight excluding hydrogens is 236 g/mol. The summed E-state index contributed by atoms with van der Waals surface area (Å²) >= 11 is 0. The van der Waals surface area contributed by atoms with E-state index in [-0.39, 0.29) is 5.75 Å². The lowest BCUT2D eigenvalue weighted by Crippen LogP contribution is -2.48. The van der Waals surface area contributed by atoms with Crippen molar-refractivity contribution in [3.05, 3.63) is 29.3 Å². The van der Waals surface area contributed by atoms with E-state index in [1.807, 2.05) is 6.07 Å². The molecule has 0 spiro atoms. The lowest BCUT2D eigenvalue weighted by atomic mass is 9.48. The standard InChI is InChI=1S/C17H20O2/c18-10-14-6-15(1-2-16(14)19)17-7-11-3-12(8-17)5-13(4-11)9-17/h1-2,6,10-13,19H,3-5,7-9H2. The third kappa shape index (κ3) is 1.65. The Morgan fingerprint density at radius 2 is 1.63 bits per heavy atom. The van der Waals surface area contributed by atoms with Crippen LogP contribution in [0.4, 0.5) is 0 Å². The molecule has 4 saturated carbocycles. The summed E-state index contributed by atoms with van der Waals surface area (Å²) in [7, 11) is 0. The zero-order chi connectivity index (χ0) is 13.0. The summed E-state index contributed by atoms with van der Waals surface area (Å²) < 4.78 is 0. The van der Waals surface area contributed by atoms with Crippen molar-refractivity contribution < 1.29 is 9.90 Å². The number of phenolic OH excluding ortho intramolecular Hbond substituents is 1. The molecule has 5 rings (SSSR count). The first-order valence-corrected chi connectivity index (χ1v) is 7.47. The lowest BCUT2D eigenvalue weighted by molar-refractivity contribution is -0.00521. The average Bonchev–Trinajstić information content (AvgIpc) is 2.37. The van der Waals surface area contributed by atoms with Crippen molar-refractivity contribution in [1.82, 2.24) is 0 Å². The van der Waals surface area contributed by atoms with Crippen molar-refractivity contribution in [2.75, 3.05) is 0 Å². The van der Waals surface area contributed by atoms with E-state index >= 15 is 0 Å². The van der Waals surface area contributed by atoms with Gasteiger partial charge in [-0.1, -0.05) is 6.07 Å². The van der Waals surface area contributed by atoms with Crippen LogP contribution in [0.2, 0.25) is 0 Å². The van der Waals surface area contributed by atoms with Gasteiger partial charge >= 0.3 is 0 Å². The predicted molar refractivity (Wildman–Crippen MR) is 73.3 cm³/mol. The highest BCUT2D eigenvalue weighted by atomic mass is 16.3. The summed E-state index contributed by atoms with van der Waals surface area (Å²) in [6.45, 7) is 0. The van der Waals surface area contributed by atoms with Gasteiger partial charge in [0, 0.05) is 0 Å². The summed E-state index contributed by atoms with van der Waals surface area (Å²) in [5.41, 5.74) is 2.06. The molecule has 1 N–H and O–H groups in total. The third-order valence-electron chi connectivity index (χ3n) is 5.81. The quantitative estimate of drug-likeness (QED) is 0.820. The first-order chi connectivity index (χ1) is 9.18. The maximum absolute atomic E-state index is 11.0. The van der Waals surface area contributed by atoms with Gasteiger partial charge in [-0.05, 0) is 79.4 Å². The Hall–Kier alpha value is -1.31. The Morgan fingerprint density at radius 1 is 1.05 bits per heavy atom. The van der Waals surface area contributed by atoms with E-state index in [2.05, 4.69) is 6.07 Å². The minimum Gasteiger partial charge on any atom is -0.507 e. The molecule has 0 amide bonds. The molecule has 1 aromatic rings. The number of hydrogen-bond acceptors (Lipinski definition) is 2. The fourth-order valence-corrected chi connectivity index (χ4v) is 5.44. The molecule has 0 aliphatic heterocycles. The largest absolute Gasteiger partial charge is 0.507 e. The molecule has 0 unspecified atom stereocenters. The van der Waals surface area contributed by atoms with Gasteiger partial charge < -0.3 is 5.11 Å². The van der Waals surface area contributed by atoms with Crippen LogP contribution in [0.3, 0.4) is 0 Å². The van der Waals surface area contributed by atoms with Gasteiger partial charge in [0.2, 0.25) is 0 Å². The Bertz CT molecular complexity index is 497. The number of aromatic hydroxyl groups is 1. The van der Waals surface area contributed by atoms with Crippen molar-refractivity contribution in [2.24, 2.45) is 17.8 Å². The molecule has 0 radical (unpaired) electrons. The summed E-state index contributed by atoms with van der Waals surface area (Å²) in [6, 6.07) is 5.70. The van der Waals surface area contributed by atoms with Crippen LogP contribution in [0.5, 0.6) is 5.75 Å². The van der Waals surface area contributed by atoms with Gasteiger partial charge in [0.1, 0.15) is 5.75 Å². The molecule has 4 fully saturated rings. The van der Waals surface area contributed by atoms with Crippen LogP contribution >= 0.6 is 0 Å². The van der Waals surface area contributed by atoms with Gasteiger partial charge in [0.25, 0.3) is 0 Å². The van der Waals surface area contributed by atoms with Crippen LogP contribution in [-0.2, 0) is 5.41 Å². The van der Waals surface area contributed by atoms with Crippen molar-refractivity contribution in [1.29, 1.82) is 0 Å². The zero-order valence-corrected chi connectivity index (χ0v) is 11.1. The maximum atomic E-state index is 11.0. The Kier molecular flexibility index (Phi) is 2.33. The number of phenols is 1. The monoisotopic (exact) mass is 256 g/mol. The van der Waals surface area contributed by atoms with Crippen LogP contribution < -0.4 is 0 Å². The van der Waals surface area contributed by atoms with Gasteiger partial charge in [-0.15, -0.1) is 0 Å². The van der Waals surface area contributed by atoms with Crippen LogP contribution in [0.15, 0.2) is 18.2 Å². The van der Waals surface area contributed by atoms with E-state index in [0.717, 1.165) is 24.0 Å². The number of aldehydes is 1. The van der Waals surface area contributed by atoms with Crippen molar-refractivity contribution in [3.63, 3.8) is 0 Å². The Labute approximate surface area is 113 Å². The minimum atomic E-state index is 0.114. The topological polar surface area (TPSA) is 37.3 Å². The highest BCUT2D eigenvalue weighted by Gasteiger charge is 2.51. The second-order valence-electron chi connectivity index (χ2n) is 7.09. The van der Waals surface area contributed by atoms with Crippen LogP contribution in [-0.4, -0.2) is 11.4 Å². The number of benzene rings is 1. The van der Waals surface area contributed by atoms with E-state index in [1.54, 1.807) is 6.07 Å². The molecule has 2 nitrogen and oxygen atoms in total. The van der Waals surface area contributed by atoms with E-state index in [0.29, 0.717) is 11.0 Å². The van der Waals surface area contributed by atoms with E-state index < -0.39 is 0 Å². The molecule has 0 saturated heterocycles. The summed E-state index contributed by atoms with van der Waals surface area (Å²) in [5, 5.41) is 9.69. The van der Waals surface area contributed by atoms with E-state index in [4.69, 9.17) is 0 Å². The molecule has 0 atom stereocenters. The van der Waals surface area contributed by atoms with Crippen molar-refractivity contribution in [2.45, 2.75) is 43.9 Å². The molecule has 0 aromatic heterocycles. The Morgan fingerprint density at radius 3 is 2.16 bits per heavy atom. The molecule has 2 heteroatoms.